The molecule has 6 rings (SSSR count). The fraction of sp³-hybridized carbons (Fsp3) is 0.161. The number of amides is 2. The molecular weight excluding hydrogens is 574 g/mol. The second-order valence-corrected chi connectivity index (χ2v) is 12.1. The van der Waals surface area contributed by atoms with Gasteiger partial charge in [0.25, 0.3) is 0 Å². The number of nitrogens with zero attached hydrogens (tertiary/aromatic N) is 4. The van der Waals surface area contributed by atoms with Crippen LogP contribution in [0, 0.1) is 6.92 Å². The smallest absolute Gasteiger partial charge is 0.240 e. The highest BCUT2D eigenvalue weighted by Gasteiger charge is 2.38. The molecule has 2 aromatic carbocycles. The summed E-state index contributed by atoms with van der Waals surface area (Å²) in [4.78, 5) is 33.9. The average molecular weight is 600 g/mol. The number of nitrogens with one attached hydrogen (secondary N) is 1. The maximum atomic E-state index is 13.8. The summed E-state index contributed by atoms with van der Waals surface area (Å²) in [6.45, 7) is 2.15. The third-order valence-electron chi connectivity index (χ3n) is 6.77. The van der Waals surface area contributed by atoms with Gasteiger partial charge in [0.05, 0.1) is 33.8 Å². The Morgan fingerprint density at radius 2 is 1.93 bits per heavy atom. The molecule has 0 saturated carbocycles. The molecule has 5 aromatic rings. The number of hydrogen-bond acceptors (Lipinski definition) is 6. The lowest BCUT2D eigenvalue weighted by atomic mass is 10.0. The van der Waals surface area contributed by atoms with E-state index < -0.39 is 0 Å². The number of pyridine rings is 1. The fourth-order valence-electron chi connectivity index (χ4n) is 4.80. The van der Waals surface area contributed by atoms with E-state index in [2.05, 4.69) is 10.3 Å². The second kappa shape index (κ2) is 11.9. The largest absolute Gasteiger partial charge is 0.349 e. The number of hydrogen-bond donors (Lipinski definition) is 1. The van der Waals surface area contributed by atoms with Crippen LogP contribution < -0.4 is 10.2 Å². The number of rotatable bonds is 7. The molecular formula is C31H26ClN5O2S2. The second-order valence-electron chi connectivity index (χ2n) is 9.63. The Labute approximate surface area is 251 Å². The van der Waals surface area contributed by atoms with Crippen LogP contribution in [0.2, 0.25) is 5.02 Å². The van der Waals surface area contributed by atoms with E-state index in [1.807, 2.05) is 91.2 Å². The Morgan fingerprint density at radius 3 is 2.66 bits per heavy atom. The predicted octanol–water partition coefficient (Wildman–Crippen LogP) is 6.44. The number of thioether (sulfide) groups is 1. The van der Waals surface area contributed by atoms with Crippen LogP contribution in [0.15, 0.2) is 90.4 Å². The molecule has 3 aromatic heterocycles. The molecule has 0 fully saturated rings. The van der Waals surface area contributed by atoms with Gasteiger partial charge in [-0.3, -0.25) is 19.5 Å². The van der Waals surface area contributed by atoms with Crippen molar-refractivity contribution in [2.24, 2.45) is 0 Å². The van der Waals surface area contributed by atoms with Crippen molar-refractivity contribution in [1.29, 1.82) is 0 Å². The highest BCUT2D eigenvalue weighted by Crippen LogP contribution is 2.49. The minimum atomic E-state index is -0.282. The van der Waals surface area contributed by atoms with E-state index in [-0.39, 0.29) is 35.9 Å². The van der Waals surface area contributed by atoms with Crippen LogP contribution in [-0.4, -0.2) is 38.9 Å². The van der Waals surface area contributed by atoms with Gasteiger partial charge < -0.3 is 5.32 Å². The van der Waals surface area contributed by atoms with Crippen molar-refractivity contribution in [3.63, 3.8) is 0 Å². The average Bonchev–Trinajstić information content (AvgIpc) is 3.62. The third kappa shape index (κ3) is 5.79. The normalized spacial score (nSPS) is 14.9. The molecule has 0 bridgehead atoms. The molecule has 1 unspecified atom stereocenters. The van der Waals surface area contributed by atoms with E-state index in [1.54, 1.807) is 27.1 Å². The highest BCUT2D eigenvalue weighted by molar-refractivity contribution is 8.00. The summed E-state index contributed by atoms with van der Waals surface area (Å²) in [5, 5.41) is 10.4. The maximum absolute atomic E-state index is 13.8. The van der Waals surface area contributed by atoms with Crippen molar-refractivity contribution in [3.05, 3.63) is 118 Å². The number of anilines is 1. The minimum Gasteiger partial charge on any atom is -0.349 e. The van der Waals surface area contributed by atoms with Gasteiger partial charge in [0.15, 0.2) is 0 Å². The van der Waals surface area contributed by atoms with E-state index in [0.717, 1.165) is 38.6 Å². The van der Waals surface area contributed by atoms with E-state index in [1.165, 1.54) is 11.8 Å². The van der Waals surface area contributed by atoms with Crippen molar-refractivity contribution in [1.82, 2.24) is 20.1 Å². The zero-order chi connectivity index (χ0) is 28.3. The van der Waals surface area contributed by atoms with Crippen molar-refractivity contribution in [2.75, 3.05) is 17.2 Å². The molecule has 10 heteroatoms. The van der Waals surface area contributed by atoms with Crippen molar-refractivity contribution < 1.29 is 9.59 Å². The standard InChI is InChI=1S/C31H26ClN5O2S2/c1-20-10-12-24(13-11-20)37-31-28(29(35-37)25-9-5-15-40-25)30(21-6-4-7-22(32)16-21)41-19-27(39)36(31)18-26(38)34-17-23-8-2-3-14-33-23/h2-16,30H,17-19H2,1H3,(H,34,38). The molecule has 1 aliphatic heterocycles. The Kier molecular flexibility index (Phi) is 7.91. The van der Waals surface area contributed by atoms with Crippen LogP contribution >= 0.6 is 34.7 Å². The van der Waals surface area contributed by atoms with Gasteiger partial charge in [-0.05, 0) is 60.3 Å². The molecule has 1 N–H and O–H groups in total. The van der Waals surface area contributed by atoms with E-state index >= 15 is 0 Å². The molecule has 7 nitrogen and oxygen atoms in total. The predicted molar refractivity (Wildman–Crippen MR) is 166 cm³/mol. The molecule has 1 aliphatic rings. The van der Waals surface area contributed by atoms with Gasteiger partial charge in [0.1, 0.15) is 18.1 Å². The van der Waals surface area contributed by atoms with Crippen LogP contribution in [-0.2, 0) is 16.1 Å². The first-order chi connectivity index (χ1) is 20.0. The summed E-state index contributed by atoms with van der Waals surface area (Å²) in [7, 11) is 0. The molecule has 0 saturated heterocycles. The molecule has 41 heavy (non-hydrogen) atoms. The molecule has 2 amide bonds. The van der Waals surface area contributed by atoms with Crippen LogP contribution in [0.1, 0.15) is 27.6 Å². The van der Waals surface area contributed by atoms with Crippen LogP contribution in [0.4, 0.5) is 5.82 Å². The summed E-state index contributed by atoms with van der Waals surface area (Å²) in [5.41, 5.74) is 5.28. The number of thiophene rings is 1. The zero-order valence-electron chi connectivity index (χ0n) is 22.2. The van der Waals surface area contributed by atoms with Gasteiger partial charge in [-0.2, -0.15) is 5.10 Å². The number of aryl methyl sites for hydroxylation is 1. The van der Waals surface area contributed by atoms with Crippen molar-refractivity contribution in [2.45, 2.75) is 18.7 Å². The topological polar surface area (TPSA) is 80.1 Å². The summed E-state index contributed by atoms with van der Waals surface area (Å²) in [6, 6.07) is 25.3. The monoisotopic (exact) mass is 599 g/mol. The van der Waals surface area contributed by atoms with E-state index in [0.29, 0.717) is 10.8 Å². The van der Waals surface area contributed by atoms with E-state index in [9.17, 15) is 9.59 Å². The van der Waals surface area contributed by atoms with Gasteiger partial charge in [-0.15, -0.1) is 23.1 Å². The number of benzene rings is 2. The minimum absolute atomic E-state index is 0.150. The molecule has 1 atom stereocenters. The number of carbonyl (C=O) groups excluding carboxylic acids is 2. The van der Waals surface area contributed by atoms with Crippen LogP contribution in [0.5, 0.6) is 0 Å². The van der Waals surface area contributed by atoms with Gasteiger partial charge in [-0.1, -0.05) is 53.6 Å². The van der Waals surface area contributed by atoms with Crippen molar-refractivity contribution in [3.8, 4) is 16.3 Å². The Balaban J connectivity index is 1.50. The number of aromatic nitrogens is 3. The lowest BCUT2D eigenvalue weighted by Gasteiger charge is -2.23. The molecule has 4 heterocycles. The Morgan fingerprint density at radius 1 is 1.07 bits per heavy atom. The lowest BCUT2D eigenvalue weighted by Crippen LogP contribution is -2.42. The molecule has 206 valence electrons. The number of halogens is 1. The van der Waals surface area contributed by atoms with Gasteiger partial charge in [-0.25, -0.2) is 4.68 Å². The summed E-state index contributed by atoms with van der Waals surface area (Å²) >= 11 is 9.54. The zero-order valence-corrected chi connectivity index (χ0v) is 24.5. The third-order valence-corrected chi connectivity index (χ3v) is 9.13. The Hall–Kier alpha value is -3.92. The molecule has 0 radical (unpaired) electrons. The summed E-state index contributed by atoms with van der Waals surface area (Å²) in [5.74, 6) is 0.331. The first kappa shape index (κ1) is 27.3. The Bertz CT molecular complexity index is 1690. The van der Waals surface area contributed by atoms with Gasteiger partial charge in [0, 0.05) is 16.8 Å². The highest BCUT2D eigenvalue weighted by atomic mass is 35.5. The molecule has 0 spiro atoms. The first-order valence-corrected chi connectivity index (χ1v) is 15.4. The van der Waals surface area contributed by atoms with Crippen molar-refractivity contribution >= 4 is 52.3 Å². The SMILES string of the molecule is Cc1ccc(-n2nc(-c3cccs3)c3c2N(CC(=O)NCc2ccccn2)C(=O)CSC3c2cccc(Cl)c2)cc1. The van der Waals surface area contributed by atoms with Gasteiger partial charge in [0.2, 0.25) is 11.8 Å². The molecule has 0 aliphatic carbocycles. The number of fused-ring (bicyclic) bond motifs is 1. The first-order valence-electron chi connectivity index (χ1n) is 13.1. The van der Waals surface area contributed by atoms with E-state index in [4.69, 9.17) is 16.7 Å². The quantitative estimate of drug-likeness (QED) is 0.233. The van der Waals surface area contributed by atoms with Crippen LogP contribution in [0.3, 0.4) is 0 Å². The fourth-order valence-corrected chi connectivity index (χ4v) is 6.91. The summed E-state index contributed by atoms with van der Waals surface area (Å²) in [6.07, 6.45) is 1.69. The van der Waals surface area contributed by atoms with Gasteiger partial charge >= 0.3 is 0 Å². The van der Waals surface area contributed by atoms with Crippen LogP contribution in [0.25, 0.3) is 16.3 Å². The summed E-state index contributed by atoms with van der Waals surface area (Å²) < 4.78 is 1.80. The lowest BCUT2D eigenvalue weighted by molar-refractivity contribution is -0.123. The maximum Gasteiger partial charge on any atom is 0.240 e. The number of carbonyl (C=O) groups is 2.